The van der Waals surface area contributed by atoms with E-state index in [0.717, 1.165) is 7.11 Å². The Morgan fingerprint density at radius 1 is 1.35 bits per heavy atom. The highest BCUT2D eigenvalue weighted by Crippen LogP contribution is 2.29. The number of ether oxygens (including phenoxy) is 2. The summed E-state index contributed by atoms with van der Waals surface area (Å²) in [5, 5.41) is 19.4. The summed E-state index contributed by atoms with van der Waals surface area (Å²) in [6, 6.07) is 4.51. The van der Waals surface area contributed by atoms with Crippen molar-refractivity contribution in [1.82, 2.24) is 0 Å². The Balaban J connectivity index is 2.96. The highest BCUT2D eigenvalue weighted by atomic mass is 35.5. The molecular weight excluding hydrogens is 248 g/mol. The number of methoxy groups -OCH3 is 2. The minimum atomic E-state index is -1.68. The van der Waals surface area contributed by atoms with E-state index in [2.05, 4.69) is 4.74 Å². The Kier molecular flexibility index (Phi) is 4.74. The summed E-state index contributed by atoms with van der Waals surface area (Å²) in [7, 11) is 2.60. The van der Waals surface area contributed by atoms with E-state index in [-0.39, 0.29) is 10.6 Å². The van der Waals surface area contributed by atoms with E-state index < -0.39 is 18.2 Å². The van der Waals surface area contributed by atoms with Crippen LogP contribution in [0.2, 0.25) is 5.02 Å². The van der Waals surface area contributed by atoms with Gasteiger partial charge in [0.2, 0.25) is 0 Å². The third-order valence-electron chi connectivity index (χ3n) is 2.27. The number of halogens is 1. The van der Waals surface area contributed by atoms with Crippen molar-refractivity contribution in [1.29, 1.82) is 0 Å². The Labute approximate surface area is 104 Å². The number of rotatable bonds is 4. The predicted molar refractivity (Wildman–Crippen MR) is 61.0 cm³/mol. The third-order valence-corrected chi connectivity index (χ3v) is 2.60. The molecule has 0 bridgehead atoms. The predicted octanol–water partition coefficient (Wildman–Crippen LogP) is 0.916. The number of hydrogen-bond donors (Lipinski definition) is 2. The van der Waals surface area contributed by atoms with Gasteiger partial charge < -0.3 is 19.7 Å². The lowest BCUT2D eigenvalue weighted by Crippen LogP contribution is -2.29. The molecule has 2 N–H and O–H groups in total. The number of carbonyl (C=O) groups excluding carboxylic acids is 1. The summed E-state index contributed by atoms with van der Waals surface area (Å²) < 4.78 is 9.26. The van der Waals surface area contributed by atoms with Crippen LogP contribution < -0.4 is 4.74 Å². The summed E-state index contributed by atoms with van der Waals surface area (Å²) in [5.41, 5.74) is 0.227. The van der Waals surface area contributed by atoms with Gasteiger partial charge in [-0.25, -0.2) is 4.79 Å². The molecule has 2 unspecified atom stereocenters. The number of aliphatic hydroxyl groups is 2. The van der Waals surface area contributed by atoms with E-state index in [1.54, 1.807) is 6.07 Å². The Morgan fingerprint density at radius 2 is 2.00 bits per heavy atom. The van der Waals surface area contributed by atoms with Crippen molar-refractivity contribution in [2.45, 2.75) is 12.2 Å². The second-order valence-electron chi connectivity index (χ2n) is 3.30. The summed E-state index contributed by atoms with van der Waals surface area (Å²) in [4.78, 5) is 11.1. The van der Waals surface area contributed by atoms with Crippen molar-refractivity contribution >= 4 is 17.6 Å². The van der Waals surface area contributed by atoms with E-state index in [4.69, 9.17) is 16.3 Å². The van der Waals surface area contributed by atoms with Crippen LogP contribution in [0.4, 0.5) is 0 Å². The molecule has 94 valence electrons. The van der Waals surface area contributed by atoms with Gasteiger partial charge in [-0.15, -0.1) is 0 Å². The zero-order chi connectivity index (χ0) is 13.0. The summed E-state index contributed by atoms with van der Waals surface area (Å²) >= 11 is 5.89. The van der Waals surface area contributed by atoms with Gasteiger partial charge in [0.25, 0.3) is 0 Å². The molecule has 1 aromatic carbocycles. The van der Waals surface area contributed by atoms with Crippen molar-refractivity contribution in [3.05, 3.63) is 28.8 Å². The molecule has 0 aliphatic heterocycles. The largest absolute Gasteiger partial charge is 0.497 e. The first-order valence-corrected chi connectivity index (χ1v) is 5.16. The second kappa shape index (κ2) is 5.86. The van der Waals surface area contributed by atoms with Crippen molar-refractivity contribution in [3.63, 3.8) is 0 Å². The molecule has 0 saturated heterocycles. The van der Waals surface area contributed by atoms with Crippen LogP contribution in [-0.4, -0.2) is 36.5 Å². The molecule has 0 fully saturated rings. The summed E-state index contributed by atoms with van der Waals surface area (Å²) in [5.74, 6) is -0.414. The van der Waals surface area contributed by atoms with Crippen molar-refractivity contribution in [2.75, 3.05) is 14.2 Å². The molecule has 1 aromatic rings. The van der Waals surface area contributed by atoms with E-state index in [0.29, 0.717) is 5.75 Å². The third kappa shape index (κ3) is 3.09. The Morgan fingerprint density at radius 3 is 2.47 bits per heavy atom. The van der Waals surface area contributed by atoms with Crippen LogP contribution in [0.3, 0.4) is 0 Å². The molecule has 0 spiro atoms. The van der Waals surface area contributed by atoms with Crippen LogP contribution >= 0.6 is 11.6 Å². The molecule has 5 nitrogen and oxygen atoms in total. The average molecular weight is 261 g/mol. The number of carbonyl (C=O) groups is 1. The van der Waals surface area contributed by atoms with Gasteiger partial charge in [0, 0.05) is 5.56 Å². The van der Waals surface area contributed by atoms with Gasteiger partial charge in [0.1, 0.15) is 11.9 Å². The topological polar surface area (TPSA) is 76.0 Å². The molecule has 0 aromatic heterocycles. The SMILES string of the molecule is COC(=O)C(O)C(O)c1ccc(OC)cc1Cl. The van der Waals surface area contributed by atoms with Gasteiger partial charge in [0.05, 0.1) is 19.2 Å². The minimum Gasteiger partial charge on any atom is -0.497 e. The molecule has 0 amide bonds. The quantitative estimate of drug-likeness (QED) is 0.787. The molecule has 0 aliphatic carbocycles. The van der Waals surface area contributed by atoms with E-state index in [1.807, 2.05) is 0 Å². The van der Waals surface area contributed by atoms with Crippen LogP contribution in [0.15, 0.2) is 18.2 Å². The van der Waals surface area contributed by atoms with Gasteiger partial charge >= 0.3 is 5.97 Å². The molecule has 0 heterocycles. The minimum absolute atomic E-state index is 0.194. The fourth-order valence-electron chi connectivity index (χ4n) is 1.29. The maximum atomic E-state index is 11.1. The monoisotopic (exact) mass is 260 g/mol. The van der Waals surface area contributed by atoms with Crippen LogP contribution in [0.25, 0.3) is 0 Å². The lowest BCUT2D eigenvalue weighted by Gasteiger charge is -2.17. The zero-order valence-electron chi connectivity index (χ0n) is 9.38. The molecule has 0 aliphatic rings. The lowest BCUT2D eigenvalue weighted by molar-refractivity contribution is -0.156. The van der Waals surface area contributed by atoms with Gasteiger partial charge in [-0.1, -0.05) is 17.7 Å². The normalized spacial score (nSPS) is 13.9. The van der Waals surface area contributed by atoms with E-state index in [9.17, 15) is 15.0 Å². The highest BCUT2D eigenvalue weighted by Gasteiger charge is 2.28. The van der Waals surface area contributed by atoms with Crippen LogP contribution in [-0.2, 0) is 9.53 Å². The standard InChI is InChI=1S/C11H13ClO5/c1-16-6-3-4-7(8(12)5-6)9(13)10(14)11(15)17-2/h3-5,9-10,13-14H,1-2H3. The second-order valence-corrected chi connectivity index (χ2v) is 3.71. The molecule has 6 heteroatoms. The van der Waals surface area contributed by atoms with Crippen LogP contribution in [0.1, 0.15) is 11.7 Å². The van der Waals surface area contributed by atoms with Crippen LogP contribution in [0.5, 0.6) is 5.75 Å². The smallest absolute Gasteiger partial charge is 0.337 e. The van der Waals surface area contributed by atoms with Crippen molar-refractivity contribution in [3.8, 4) is 5.75 Å². The first-order valence-electron chi connectivity index (χ1n) is 4.78. The molecule has 2 atom stereocenters. The van der Waals surface area contributed by atoms with Gasteiger partial charge in [-0.3, -0.25) is 0 Å². The Hall–Kier alpha value is -1.30. The van der Waals surface area contributed by atoms with E-state index >= 15 is 0 Å². The summed E-state index contributed by atoms with van der Waals surface area (Å²) in [6.45, 7) is 0. The number of hydrogen-bond acceptors (Lipinski definition) is 5. The first-order chi connectivity index (χ1) is 8.01. The number of benzene rings is 1. The average Bonchev–Trinajstić information content (AvgIpc) is 2.35. The summed E-state index contributed by atoms with van der Waals surface area (Å²) in [6.07, 6.45) is -3.12. The van der Waals surface area contributed by atoms with Gasteiger partial charge in [-0.05, 0) is 12.1 Å². The fraction of sp³-hybridized carbons (Fsp3) is 0.364. The van der Waals surface area contributed by atoms with Gasteiger partial charge in [-0.2, -0.15) is 0 Å². The number of esters is 1. The first kappa shape index (κ1) is 13.8. The maximum Gasteiger partial charge on any atom is 0.337 e. The molecule has 0 radical (unpaired) electrons. The molecule has 1 rings (SSSR count). The van der Waals surface area contributed by atoms with Gasteiger partial charge in [0.15, 0.2) is 6.10 Å². The Bertz CT molecular complexity index is 407. The maximum absolute atomic E-state index is 11.1. The number of aliphatic hydroxyl groups excluding tert-OH is 2. The van der Waals surface area contributed by atoms with E-state index in [1.165, 1.54) is 19.2 Å². The van der Waals surface area contributed by atoms with Crippen LogP contribution in [0, 0.1) is 0 Å². The fourth-order valence-corrected chi connectivity index (χ4v) is 1.58. The van der Waals surface area contributed by atoms with Crippen molar-refractivity contribution < 1.29 is 24.5 Å². The molecule has 0 saturated carbocycles. The zero-order valence-corrected chi connectivity index (χ0v) is 10.1. The molecular formula is C11H13ClO5. The van der Waals surface area contributed by atoms with Crippen molar-refractivity contribution in [2.24, 2.45) is 0 Å². The lowest BCUT2D eigenvalue weighted by atomic mass is 10.0. The highest BCUT2D eigenvalue weighted by molar-refractivity contribution is 6.31. The molecule has 17 heavy (non-hydrogen) atoms.